The summed E-state index contributed by atoms with van der Waals surface area (Å²) in [6, 6.07) is 22.2. The van der Waals surface area contributed by atoms with Crippen LogP contribution in [0.5, 0.6) is 11.5 Å². The van der Waals surface area contributed by atoms with Crippen LogP contribution in [-0.4, -0.2) is 12.6 Å². The third-order valence-corrected chi connectivity index (χ3v) is 6.72. The summed E-state index contributed by atoms with van der Waals surface area (Å²) in [6.45, 7) is 4.83. The SMILES string of the molecule is Cc1c(COc2ccc(C=O)cc2Cl)cccc1-c1cccc(COc2ccc(C=O)cc2Cl)c1C. The van der Waals surface area contributed by atoms with Crippen LogP contribution < -0.4 is 9.47 Å². The third-order valence-electron chi connectivity index (χ3n) is 6.13. The fourth-order valence-corrected chi connectivity index (χ4v) is 4.48. The molecule has 4 nitrogen and oxygen atoms in total. The summed E-state index contributed by atoms with van der Waals surface area (Å²) in [5.41, 5.74) is 7.49. The molecule has 0 aliphatic rings. The number of hydrogen-bond acceptors (Lipinski definition) is 4. The Labute approximate surface area is 220 Å². The number of aldehydes is 2. The van der Waals surface area contributed by atoms with E-state index in [2.05, 4.69) is 26.0 Å². The Hall–Kier alpha value is -3.60. The average Bonchev–Trinajstić information content (AvgIpc) is 2.88. The summed E-state index contributed by atoms with van der Waals surface area (Å²) < 4.78 is 11.9. The highest BCUT2D eigenvalue weighted by Crippen LogP contribution is 2.33. The van der Waals surface area contributed by atoms with Crippen molar-refractivity contribution in [1.29, 1.82) is 0 Å². The van der Waals surface area contributed by atoms with Crippen molar-refractivity contribution in [2.75, 3.05) is 0 Å². The van der Waals surface area contributed by atoms with Crippen molar-refractivity contribution in [1.82, 2.24) is 0 Å². The lowest BCUT2D eigenvalue weighted by molar-refractivity contribution is 0.111. The topological polar surface area (TPSA) is 52.6 Å². The molecule has 0 bridgehead atoms. The molecule has 0 aliphatic heterocycles. The van der Waals surface area contributed by atoms with Gasteiger partial charge in [0.15, 0.2) is 0 Å². The van der Waals surface area contributed by atoms with Crippen LogP contribution in [0.25, 0.3) is 11.1 Å². The minimum atomic E-state index is 0.344. The first-order valence-corrected chi connectivity index (χ1v) is 12.1. The van der Waals surface area contributed by atoms with Crippen molar-refractivity contribution < 1.29 is 19.1 Å². The molecule has 0 unspecified atom stereocenters. The molecule has 0 radical (unpaired) electrons. The number of carbonyl (C=O) groups excluding carboxylic acids is 2. The highest BCUT2D eigenvalue weighted by molar-refractivity contribution is 6.32. The monoisotopic (exact) mass is 518 g/mol. The summed E-state index contributed by atoms with van der Waals surface area (Å²) in [5.74, 6) is 1.06. The van der Waals surface area contributed by atoms with Gasteiger partial charge in [0.05, 0.1) is 10.0 Å². The molecule has 0 heterocycles. The van der Waals surface area contributed by atoms with Crippen molar-refractivity contribution in [3.63, 3.8) is 0 Å². The van der Waals surface area contributed by atoms with Crippen LogP contribution >= 0.6 is 23.2 Å². The van der Waals surface area contributed by atoms with Crippen LogP contribution in [0.1, 0.15) is 43.0 Å². The molecule has 182 valence electrons. The van der Waals surface area contributed by atoms with Gasteiger partial charge in [-0.05, 0) is 83.6 Å². The molecule has 0 atom stereocenters. The van der Waals surface area contributed by atoms with Gasteiger partial charge in [-0.25, -0.2) is 0 Å². The van der Waals surface area contributed by atoms with Gasteiger partial charge in [0, 0.05) is 11.1 Å². The van der Waals surface area contributed by atoms with Gasteiger partial charge in [-0.2, -0.15) is 0 Å². The molecule has 6 heteroatoms. The first kappa shape index (κ1) is 25.5. The molecule has 0 fully saturated rings. The van der Waals surface area contributed by atoms with E-state index in [1.165, 1.54) is 0 Å². The summed E-state index contributed by atoms with van der Waals surface area (Å²) >= 11 is 12.5. The van der Waals surface area contributed by atoms with Crippen LogP contribution in [0.15, 0.2) is 72.8 Å². The maximum atomic E-state index is 10.9. The third kappa shape index (κ3) is 5.62. The highest BCUT2D eigenvalue weighted by atomic mass is 35.5. The lowest BCUT2D eigenvalue weighted by Gasteiger charge is -2.17. The van der Waals surface area contributed by atoms with Gasteiger partial charge < -0.3 is 9.47 Å². The zero-order valence-electron chi connectivity index (χ0n) is 19.9. The molecule has 0 amide bonds. The van der Waals surface area contributed by atoms with E-state index in [1.807, 2.05) is 24.3 Å². The van der Waals surface area contributed by atoms with Crippen molar-refractivity contribution in [2.24, 2.45) is 0 Å². The van der Waals surface area contributed by atoms with Crippen molar-refractivity contribution in [2.45, 2.75) is 27.1 Å². The maximum absolute atomic E-state index is 10.9. The summed E-state index contributed by atoms with van der Waals surface area (Å²) in [4.78, 5) is 21.9. The number of halogens is 2. The molecule has 0 aromatic heterocycles. The van der Waals surface area contributed by atoms with Crippen LogP contribution in [0, 0.1) is 13.8 Å². The number of rotatable bonds is 9. The largest absolute Gasteiger partial charge is 0.487 e. The highest BCUT2D eigenvalue weighted by Gasteiger charge is 2.13. The van der Waals surface area contributed by atoms with Crippen molar-refractivity contribution >= 4 is 35.8 Å². The second-order valence-corrected chi connectivity index (χ2v) is 9.19. The van der Waals surface area contributed by atoms with Crippen molar-refractivity contribution in [3.05, 3.63) is 116 Å². The van der Waals surface area contributed by atoms with E-state index in [-0.39, 0.29) is 0 Å². The van der Waals surface area contributed by atoms with Crippen molar-refractivity contribution in [3.8, 4) is 22.6 Å². The van der Waals surface area contributed by atoms with Gasteiger partial charge in [-0.3, -0.25) is 9.59 Å². The number of ether oxygens (including phenoxy) is 2. The Morgan fingerprint density at radius 2 is 1.06 bits per heavy atom. The second kappa shape index (κ2) is 11.4. The van der Waals surface area contributed by atoms with Gasteiger partial charge in [0.1, 0.15) is 37.3 Å². The second-order valence-electron chi connectivity index (χ2n) is 8.37. The Balaban J connectivity index is 1.54. The Morgan fingerprint density at radius 3 is 1.42 bits per heavy atom. The molecule has 0 aliphatic carbocycles. The summed E-state index contributed by atoms with van der Waals surface area (Å²) in [7, 11) is 0. The Morgan fingerprint density at radius 1 is 0.639 bits per heavy atom. The predicted octanol–water partition coefficient (Wildman–Crippen LogP) is 8.06. The van der Waals surface area contributed by atoms with Gasteiger partial charge >= 0.3 is 0 Å². The maximum Gasteiger partial charge on any atom is 0.150 e. The smallest absolute Gasteiger partial charge is 0.150 e. The van der Waals surface area contributed by atoms with E-state index in [4.69, 9.17) is 32.7 Å². The quantitative estimate of drug-likeness (QED) is 0.210. The van der Waals surface area contributed by atoms with Gasteiger partial charge in [0.25, 0.3) is 0 Å². The first-order chi connectivity index (χ1) is 17.4. The first-order valence-electron chi connectivity index (χ1n) is 11.3. The molecule has 4 aromatic carbocycles. The van der Waals surface area contributed by atoms with E-state index in [0.29, 0.717) is 45.9 Å². The number of hydrogen-bond donors (Lipinski definition) is 0. The van der Waals surface area contributed by atoms with Crippen LogP contribution in [0.4, 0.5) is 0 Å². The molecule has 4 aromatic rings. The van der Waals surface area contributed by atoms with E-state index in [9.17, 15) is 9.59 Å². The molecule has 0 N–H and O–H groups in total. The normalized spacial score (nSPS) is 10.7. The standard InChI is InChI=1S/C30H24Cl2O4/c1-19-23(17-35-29-11-9-21(15-33)13-27(29)31)5-3-7-25(19)26-8-4-6-24(20(26)2)18-36-30-12-10-22(16-34)14-28(30)32/h3-16H,17-18H2,1-2H3. The van der Waals surface area contributed by atoms with E-state index in [0.717, 1.165) is 46.0 Å². The van der Waals surface area contributed by atoms with E-state index < -0.39 is 0 Å². The number of benzene rings is 4. The molecule has 0 saturated carbocycles. The molecule has 4 rings (SSSR count). The minimum absolute atomic E-state index is 0.344. The molecular weight excluding hydrogens is 495 g/mol. The molecule has 0 saturated heterocycles. The fourth-order valence-electron chi connectivity index (χ4n) is 3.99. The molecule has 36 heavy (non-hydrogen) atoms. The zero-order chi connectivity index (χ0) is 25.7. The fraction of sp³-hybridized carbons (Fsp3) is 0.133. The molecule has 0 spiro atoms. The van der Waals surface area contributed by atoms with Gasteiger partial charge in [-0.1, -0.05) is 59.6 Å². The average molecular weight is 519 g/mol. The Kier molecular flexibility index (Phi) is 8.09. The summed E-state index contributed by atoms with van der Waals surface area (Å²) in [6.07, 6.45) is 1.51. The predicted molar refractivity (Wildman–Crippen MR) is 144 cm³/mol. The zero-order valence-corrected chi connectivity index (χ0v) is 21.4. The minimum Gasteiger partial charge on any atom is -0.487 e. The van der Waals surface area contributed by atoms with E-state index >= 15 is 0 Å². The van der Waals surface area contributed by atoms with Gasteiger partial charge in [0.2, 0.25) is 0 Å². The van der Waals surface area contributed by atoms with E-state index in [1.54, 1.807) is 36.4 Å². The van der Waals surface area contributed by atoms with Crippen LogP contribution in [-0.2, 0) is 13.2 Å². The van der Waals surface area contributed by atoms with Crippen LogP contribution in [0.3, 0.4) is 0 Å². The number of carbonyl (C=O) groups is 2. The lowest BCUT2D eigenvalue weighted by Crippen LogP contribution is -2.02. The Bertz CT molecular complexity index is 1320. The molecular formula is C30H24Cl2O4. The summed E-state index contributed by atoms with van der Waals surface area (Å²) in [5, 5.41) is 0.802. The lowest BCUT2D eigenvalue weighted by atomic mass is 9.92. The van der Waals surface area contributed by atoms with Crippen LogP contribution in [0.2, 0.25) is 10.0 Å². The van der Waals surface area contributed by atoms with Gasteiger partial charge in [-0.15, -0.1) is 0 Å².